The Balaban J connectivity index is 2.12. The lowest BCUT2D eigenvalue weighted by molar-refractivity contribution is 0.435. The summed E-state index contributed by atoms with van der Waals surface area (Å²) in [6.07, 6.45) is 7.67. The van der Waals surface area contributed by atoms with Crippen LogP contribution in [0.3, 0.4) is 0 Å². The number of nitrogens with one attached hydrogen (secondary N) is 1. The first kappa shape index (κ1) is 14.2. The summed E-state index contributed by atoms with van der Waals surface area (Å²) in [5.41, 5.74) is 0. The van der Waals surface area contributed by atoms with Gasteiger partial charge in [-0.3, -0.25) is 0 Å². The van der Waals surface area contributed by atoms with Gasteiger partial charge in [0.2, 0.25) is 11.8 Å². The molecule has 0 unspecified atom stereocenters. The number of aryl methyl sites for hydroxylation is 2. The first-order valence-electron chi connectivity index (χ1n) is 6.88. The van der Waals surface area contributed by atoms with Crippen LogP contribution >= 0.6 is 0 Å². The van der Waals surface area contributed by atoms with Crippen LogP contribution in [0, 0.1) is 0 Å². The van der Waals surface area contributed by atoms with Crippen LogP contribution in [-0.2, 0) is 12.8 Å². The number of hydrogen-bond acceptors (Lipinski definition) is 4. The van der Waals surface area contributed by atoms with Crippen molar-refractivity contribution in [3.05, 3.63) is 11.8 Å². The lowest BCUT2D eigenvalue weighted by atomic mass is 10.2. The van der Waals surface area contributed by atoms with Crippen LogP contribution in [0.15, 0.2) is 4.42 Å². The van der Waals surface area contributed by atoms with Gasteiger partial charge in [0, 0.05) is 12.8 Å². The average molecular weight is 239 g/mol. The number of hydrogen-bond donors (Lipinski definition) is 1. The van der Waals surface area contributed by atoms with Gasteiger partial charge in [0.25, 0.3) is 0 Å². The third-order valence-electron chi connectivity index (χ3n) is 2.67. The summed E-state index contributed by atoms with van der Waals surface area (Å²) in [6, 6.07) is 0. The van der Waals surface area contributed by atoms with Crippen LogP contribution in [0.1, 0.15) is 57.7 Å². The van der Waals surface area contributed by atoms with Crippen LogP contribution in [-0.4, -0.2) is 23.3 Å². The molecule has 1 aromatic rings. The fraction of sp³-hybridized carbons (Fsp3) is 0.846. The predicted octanol–water partition coefficient (Wildman–Crippen LogP) is 2.73. The number of unbranched alkanes of at least 4 members (excludes halogenated alkanes) is 2. The number of nitrogens with zero attached hydrogens (tertiary/aromatic N) is 2. The molecule has 0 aromatic carbocycles. The standard InChI is InChI=1S/C13H25N3O/c1-3-5-6-8-12-15-16-13(17-12)9-7-11-14-10-4-2/h14H,3-11H2,1-2H3. The Hall–Kier alpha value is -0.900. The fourth-order valence-electron chi connectivity index (χ4n) is 1.68. The summed E-state index contributed by atoms with van der Waals surface area (Å²) in [6.45, 7) is 6.49. The zero-order valence-corrected chi connectivity index (χ0v) is 11.2. The molecule has 17 heavy (non-hydrogen) atoms. The predicted molar refractivity (Wildman–Crippen MR) is 69.0 cm³/mol. The molecule has 0 aliphatic carbocycles. The first-order valence-corrected chi connectivity index (χ1v) is 6.88. The highest BCUT2D eigenvalue weighted by molar-refractivity contribution is 4.82. The molecule has 4 heteroatoms. The molecule has 1 heterocycles. The van der Waals surface area contributed by atoms with Gasteiger partial charge in [0.05, 0.1) is 0 Å². The SMILES string of the molecule is CCCCCc1nnc(CCCNCCC)o1. The Morgan fingerprint density at radius 1 is 0.882 bits per heavy atom. The van der Waals surface area contributed by atoms with E-state index in [1.165, 1.54) is 19.3 Å². The molecule has 98 valence electrons. The molecule has 1 N–H and O–H groups in total. The molecular formula is C13H25N3O. The minimum atomic E-state index is 0.787. The van der Waals surface area contributed by atoms with E-state index in [9.17, 15) is 0 Å². The Kier molecular flexibility index (Phi) is 7.63. The van der Waals surface area contributed by atoms with Crippen molar-refractivity contribution in [1.29, 1.82) is 0 Å². The highest BCUT2D eigenvalue weighted by Gasteiger charge is 2.04. The van der Waals surface area contributed by atoms with Crippen molar-refractivity contribution in [1.82, 2.24) is 15.5 Å². The van der Waals surface area contributed by atoms with E-state index in [0.29, 0.717) is 0 Å². The highest BCUT2D eigenvalue weighted by atomic mass is 16.4. The molecule has 4 nitrogen and oxygen atoms in total. The van der Waals surface area contributed by atoms with Gasteiger partial charge < -0.3 is 9.73 Å². The molecule has 0 aliphatic rings. The average Bonchev–Trinajstić information content (AvgIpc) is 2.77. The van der Waals surface area contributed by atoms with Crippen molar-refractivity contribution in [3.63, 3.8) is 0 Å². The van der Waals surface area contributed by atoms with Crippen molar-refractivity contribution >= 4 is 0 Å². The molecule has 0 amide bonds. The van der Waals surface area contributed by atoms with Crippen molar-refractivity contribution < 1.29 is 4.42 Å². The van der Waals surface area contributed by atoms with E-state index in [4.69, 9.17) is 4.42 Å². The largest absolute Gasteiger partial charge is 0.425 e. The smallest absolute Gasteiger partial charge is 0.216 e. The monoisotopic (exact) mass is 239 g/mol. The van der Waals surface area contributed by atoms with Crippen LogP contribution < -0.4 is 5.32 Å². The summed E-state index contributed by atoms with van der Waals surface area (Å²) in [5.74, 6) is 1.59. The highest BCUT2D eigenvalue weighted by Crippen LogP contribution is 2.07. The molecule has 0 bridgehead atoms. The van der Waals surface area contributed by atoms with Crippen molar-refractivity contribution in [3.8, 4) is 0 Å². The molecule has 0 saturated carbocycles. The van der Waals surface area contributed by atoms with E-state index in [1.54, 1.807) is 0 Å². The molecule has 0 fully saturated rings. The molecule has 0 spiro atoms. The van der Waals surface area contributed by atoms with Crippen molar-refractivity contribution in [2.24, 2.45) is 0 Å². The summed E-state index contributed by atoms with van der Waals surface area (Å²) in [4.78, 5) is 0. The van der Waals surface area contributed by atoms with Gasteiger partial charge in [-0.25, -0.2) is 0 Å². The second-order valence-electron chi connectivity index (χ2n) is 4.40. The molecule has 1 rings (SSSR count). The third-order valence-corrected chi connectivity index (χ3v) is 2.67. The van der Waals surface area contributed by atoms with Gasteiger partial charge in [0.1, 0.15) is 0 Å². The molecule has 0 atom stereocenters. The Labute approximate surface area is 104 Å². The summed E-state index contributed by atoms with van der Waals surface area (Å²) in [5, 5.41) is 11.5. The molecule has 0 saturated heterocycles. The maximum atomic E-state index is 5.59. The number of rotatable bonds is 10. The third kappa shape index (κ3) is 6.41. The van der Waals surface area contributed by atoms with Gasteiger partial charge in [-0.15, -0.1) is 10.2 Å². The normalized spacial score (nSPS) is 10.9. The van der Waals surface area contributed by atoms with E-state index in [2.05, 4.69) is 29.4 Å². The van der Waals surface area contributed by atoms with Crippen LogP contribution in [0.4, 0.5) is 0 Å². The topological polar surface area (TPSA) is 51.0 Å². The van der Waals surface area contributed by atoms with E-state index in [-0.39, 0.29) is 0 Å². The van der Waals surface area contributed by atoms with Gasteiger partial charge in [-0.05, 0) is 32.4 Å². The Bertz CT molecular complexity index is 286. The fourth-order valence-corrected chi connectivity index (χ4v) is 1.68. The summed E-state index contributed by atoms with van der Waals surface area (Å²) < 4.78 is 5.59. The van der Waals surface area contributed by atoms with E-state index < -0.39 is 0 Å². The van der Waals surface area contributed by atoms with E-state index in [0.717, 1.165) is 50.6 Å². The minimum Gasteiger partial charge on any atom is -0.425 e. The second-order valence-corrected chi connectivity index (χ2v) is 4.40. The van der Waals surface area contributed by atoms with Crippen LogP contribution in [0.25, 0.3) is 0 Å². The van der Waals surface area contributed by atoms with E-state index >= 15 is 0 Å². The van der Waals surface area contributed by atoms with Gasteiger partial charge in [0.15, 0.2) is 0 Å². The Morgan fingerprint density at radius 3 is 2.24 bits per heavy atom. The quantitative estimate of drug-likeness (QED) is 0.638. The lowest BCUT2D eigenvalue weighted by Crippen LogP contribution is -2.16. The summed E-state index contributed by atoms with van der Waals surface area (Å²) in [7, 11) is 0. The summed E-state index contributed by atoms with van der Waals surface area (Å²) >= 11 is 0. The van der Waals surface area contributed by atoms with Gasteiger partial charge in [-0.2, -0.15) is 0 Å². The van der Waals surface area contributed by atoms with Crippen molar-refractivity contribution in [2.45, 2.75) is 58.8 Å². The molecular weight excluding hydrogens is 214 g/mol. The molecule has 0 radical (unpaired) electrons. The van der Waals surface area contributed by atoms with Crippen LogP contribution in [0.2, 0.25) is 0 Å². The van der Waals surface area contributed by atoms with Crippen LogP contribution in [0.5, 0.6) is 0 Å². The molecule has 0 aliphatic heterocycles. The maximum Gasteiger partial charge on any atom is 0.216 e. The lowest BCUT2D eigenvalue weighted by Gasteiger charge is -1.99. The zero-order chi connectivity index (χ0) is 12.3. The second kappa shape index (κ2) is 9.16. The maximum absolute atomic E-state index is 5.59. The zero-order valence-electron chi connectivity index (χ0n) is 11.2. The van der Waals surface area contributed by atoms with E-state index in [1.807, 2.05) is 0 Å². The first-order chi connectivity index (χ1) is 8.36. The molecule has 1 aromatic heterocycles. The Morgan fingerprint density at radius 2 is 1.59 bits per heavy atom. The van der Waals surface area contributed by atoms with Gasteiger partial charge >= 0.3 is 0 Å². The van der Waals surface area contributed by atoms with Crippen molar-refractivity contribution in [2.75, 3.05) is 13.1 Å². The number of aromatic nitrogens is 2. The van der Waals surface area contributed by atoms with Gasteiger partial charge in [-0.1, -0.05) is 26.7 Å². The minimum absolute atomic E-state index is 0.787.